The Kier molecular flexibility index (Phi) is 6.34. The van der Waals surface area contributed by atoms with Crippen LogP contribution in [0.1, 0.15) is 11.1 Å². The summed E-state index contributed by atoms with van der Waals surface area (Å²) in [7, 11) is 0. The molecular weight excluding hydrogens is 360 g/mol. The monoisotopic (exact) mass is 380 g/mol. The standard InChI is InChI=1S/C22H21ClN2O2/c1-16-10-11-19(13-21(16)23)24-14-17-6-5-9-20(12-17)27-15-22(26)25-18-7-3-2-4-8-18/h2-13,24H,14-15H2,1H3,(H,25,26). The summed E-state index contributed by atoms with van der Waals surface area (Å²) in [6.07, 6.45) is 0. The molecule has 0 saturated carbocycles. The Bertz CT molecular complexity index is 913. The predicted molar refractivity (Wildman–Crippen MR) is 111 cm³/mol. The summed E-state index contributed by atoms with van der Waals surface area (Å²) in [6, 6.07) is 22.8. The molecule has 3 aromatic rings. The smallest absolute Gasteiger partial charge is 0.262 e. The SMILES string of the molecule is Cc1ccc(NCc2cccc(OCC(=O)Nc3ccccc3)c2)cc1Cl. The molecule has 0 bridgehead atoms. The molecule has 1 amide bonds. The van der Waals surface area contributed by atoms with Gasteiger partial charge in [0.1, 0.15) is 5.75 Å². The molecule has 2 N–H and O–H groups in total. The van der Waals surface area contributed by atoms with Crippen LogP contribution >= 0.6 is 11.6 Å². The maximum atomic E-state index is 12.0. The first kappa shape index (κ1) is 18.8. The zero-order valence-electron chi connectivity index (χ0n) is 15.0. The third-order valence-corrected chi connectivity index (χ3v) is 4.40. The molecule has 0 radical (unpaired) electrons. The van der Waals surface area contributed by atoms with E-state index in [4.69, 9.17) is 16.3 Å². The van der Waals surface area contributed by atoms with Gasteiger partial charge in [-0.3, -0.25) is 4.79 Å². The number of carbonyl (C=O) groups is 1. The van der Waals surface area contributed by atoms with Gasteiger partial charge in [-0.15, -0.1) is 0 Å². The largest absolute Gasteiger partial charge is 0.484 e. The molecule has 0 aromatic heterocycles. The van der Waals surface area contributed by atoms with Crippen LogP contribution in [-0.4, -0.2) is 12.5 Å². The van der Waals surface area contributed by atoms with Gasteiger partial charge in [0.25, 0.3) is 5.91 Å². The first-order valence-electron chi connectivity index (χ1n) is 8.67. The van der Waals surface area contributed by atoms with Gasteiger partial charge in [-0.1, -0.05) is 48.0 Å². The van der Waals surface area contributed by atoms with Crippen molar-refractivity contribution in [2.24, 2.45) is 0 Å². The minimum atomic E-state index is -0.195. The first-order valence-corrected chi connectivity index (χ1v) is 9.04. The molecule has 3 rings (SSSR count). The molecule has 3 aromatic carbocycles. The molecular formula is C22H21ClN2O2. The Morgan fingerprint density at radius 1 is 0.963 bits per heavy atom. The highest BCUT2D eigenvalue weighted by Crippen LogP contribution is 2.21. The van der Waals surface area contributed by atoms with E-state index >= 15 is 0 Å². The van der Waals surface area contributed by atoms with Crippen LogP contribution in [0, 0.1) is 6.92 Å². The number of ether oxygens (including phenoxy) is 1. The lowest BCUT2D eigenvalue weighted by Gasteiger charge is -2.11. The van der Waals surface area contributed by atoms with Crippen molar-refractivity contribution in [3.63, 3.8) is 0 Å². The van der Waals surface area contributed by atoms with Gasteiger partial charge in [0.05, 0.1) is 0 Å². The van der Waals surface area contributed by atoms with E-state index in [0.29, 0.717) is 12.3 Å². The number of amides is 1. The van der Waals surface area contributed by atoms with Crippen LogP contribution in [-0.2, 0) is 11.3 Å². The second kappa shape index (κ2) is 9.10. The van der Waals surface area contributed by atoms with Crippen LogP contribution in [0.2, 0.25) is 5.02 Å². The Morgan fingerprint density at radius 2 is 1.78 bits per heavy atom. The number of anilines is 2. The molecule has 0 atom stereocenters. The van der Waals surface area contributed by atoms with E-state index < -0.39 is 0 Å². The Hall–Kier alpha value is -2.98. The van der Waals surface area contributed by atoms with Crippen LogP contribution in [0.25, 0.3) is 0 Å². The van der Waals surface area contributed by atoms with E-state index in [2.05, 4.69) is 10.6 Å². The molecule has 5 heteroatoms. The Balaban J connectivity index is 1.52. The third kappa shape index (κ3) is 5.76. The molecule has 138 valence electrons. The van der Waals surface area contributed by atoms with Crippen LogP contribution in [0.15, 0.2) is 72.8 Å². The van der Waals surface area contributed by atoms with Crippen molar-refractivity contribution >= 4 is 28.9 Å². The normalized spacial score (nSPS) is 10.3. The van der Waals surface area contributed by atoms with Crippen LogP contribution in [0.4, 0.5) is 11.4 Å². The first-order chi connectivity index (χ1) is 13.1. The highest BCUT2D eigenvalue weighted by Gasteiger charge is 2.04. The van der Waals surface area contributed by atoms with E-state index in [1.54, 1.807) is 0 Å². The van der Waals surface area contributed by atoms with Crippen molar-refractivity contribution in [2.45, 2.75) is 13.5 Å². The number of rotatable bonds is 7. The van der Waals surface area contributed by atoms with E-state index in [9.17, 15) is 4.79 Å². The summed E-state index contributed by atoms with van der Waals surface area (Å²) >= 11 is 6.15. The maximum Gasteiger partial charge on any atom is 0.262 e. The molecule has 0 fully saturated rings. The van der Waals surface area contributed by atoms with Gasteiger partial charge in [0, 0.05) is 22.9 Å². The average Bonchev–Trinajstić information content (AvgIpc) is 2.68. The highest BCUT2D eigenvalue weighted by molar-refractivity contribution is 6.31. The molecule has 0 aliphatic rings. The quantitative estimate of drug-likeness (QED) is 0.586. The molecule has 0 saturated heterocycles. The van der Waals surface area contributed by atoms with Crippen molar-refractivity contribution in [1.29, 1.82) is 0 Å². The minimum Gasteiger partial charge on any atom is -0.484 e. The fourth-order valence-electron chi connectivity index (χ4n) is 2.52. The molecule has 27 heavy (non-hydrogen) atoms. The third-order valence-electron chi connectivity index (χ3n) is 3.99. The van der Waals surface area contributed by atoms with E-state index in [1.165, 1.54) is 0 Å². The topological polar surface area (TPSA) is 50.4 Å². The molecule has 0 spiro atoms. The van der Waals surface area contributed by atoms with Gasteiger partial charge in [-0.05, 0) is 54.4 Å². The van der Waals surface area contributed by atoms with Gasteiger partial charge in [0.2, 0.25) is 0 Å². The lowest BCUT2D eigenvalue weighted by atomic mass is 10.2. The number of hydrogen-bond donors (Lipinski definition) is 2. The molecule has 0 heterocycles. The summed E-state index contributed by atoms with van der Waals surface area (Å²) in [5.41, 5.74) is 3.80. The van der Waals surface area contributed by atoms with Crippen LogP contribution < -0.4 is 15.4 Å². The zero-order valence-corrected chi connectivity index (χ0v) is 15.8. The lowest BCUT2D eigenvalue weighted by Crippen LogP contribution is -2.20. The summed E-state index contributed by atoms with van der Waals surface area (Å²) < 4.78 is 5.61. The zero-order chi connectivity index (χ0) is 19.1. The fraction of sp³-hybridized carbons (Fsp3) is 0.136. The van der Waals surface area contributed by atoms with Crippen molar-refractivity contribution in [2.75, 3.05) is 17.2 Å². The summed E-state index contributed by atoms with van der Waals surface area (Å²) in [5, 5.41) is 6.87. The minimum absolute atomic E-state index is 0.0423. The van der Waals surface area contributed by atoms with Gasteiger partial charge in [-0.25, -0.2) is 0 Å². The van der Waals surface area contributed by atoms with E-state index in [0.717, 1.165) is 27.5 Å². The van der Waals surface area contributed by atoms with Gasteiger partial charge in [0.15, 0.2) is 6.61 Å². The van der Waals surface area contributed by atoms with E-state index in [1.807, 2.05) is 79.7 Å². The molecule has 4 nitrogen and oxygen atoms in total. The van der Waals surface area contributed by atoms with Gasteiger partial charge < -0.3 is 15.4 Å². The molecule has 0 unspecified atom stereocenters. The van der Waals surface area contributed by atoms with Crippen LogP contribution in [0.3, 0.4) is 0 Å². The average molecular weight is 381 g/mol. The summed E-state index contributed by atoms with van der Waals surface area (Å²) in [4.78, 5) is 12.0. The Morgan fingerprint density at radius 3 is 2.56 bits per heavy atom. The van der Waals surface area contributed by atoms with Crippen molar-refractivity contribution in [1.82, 2.24) is 0 Å². The molecule has 0 aliphatic carbocycles. The lowest BCUT2D eigenvalue weighted by molar-refractivity contribution is -0.118. The number of aryl methyl sites for hydroxylation is 1. The summed E-state index contributed by atoms with van der Waals surface area (Å²) in [5.74, 6) is 0.457. The van der Waals surface area contributed by atoms with Crippen LogP contribution in [0.5, 0.6) is 5.75 Å². The van der Waals surface area contributed by atoms with E-state index in [-0.39, 0.29) is 12.5 Å². The van der Waals surface area contributed by atoms with Crippen molar-refractivity contribution in [3.8, 4) is 5.75 Å². The Labute approximate surface area is 164 Å². The number of nitrogens with one attached hydrogen (secondary N) is 2. The number of para-hydroxylation sites is 1. The van der Waals surface area contributed by atoms with Gasteiger partial charge in [-0.2, -0.15) is 0 Å². The number of halogens is 1. The number of hydrogen-bond acceptors (Lipinski definition) is 3. The highest BCUT2D eigenvalue weighted by atomic mass is 35.5. The van der Waals surface area contributed by atoms with Crippen molar-refractivity contribution in [3.05, 3.63) is 88.9 Å². The van der Waals surface area contributed by atoms with Crippen molar-refractivity contribution < 1.29 is 9.53 Å². The number of benzene rings is 3. The van der Waals surface area contributed by atoms with Gasteiger partial charge >= 0.3 is 0 Å². The summed E-state index contributed by atoms with van der Waals surface area (Å²) in [6.45, 7) is 2.56. The number of carbonyl (C=O) groups excluding carboxylic acids is 1. The predicted octanol–water partition coefficient (Wildman–Crippen LogP) is 5.28. The second-order valence-electron chi connectivity index (χ2n) is 6.17. The molecule has 0 aliphatic heterocycles. The maximum absolute atomic E-state index is 12.0. The second-order valence-corrected chi connectivity index (χ2v) is 6.57. The fourth-order valence-corrected chi connectivity index (χ4v) is 2.70.